The highest BCUT2D eigenvalue weighted by Crippen LogP contribution is 2.25. The Morgan fingerprint density at radius 3 is 2.63 bits per heavy atom. The van der Waals surface area contributed by atoms with E-state index in [1.54, 1.807) is 28.7 Å². The largest absolute Gasteiger partial charge is 0.366 e. The van der Waals surface area contributed by atoms with Crippen LogP contribution < -0.4 is 10.6 Å². The Balaban J connectivity index is 1.67. The molecular formula is C20H18N6O. The fraction of sp³-hybridized carbons (Fsp3) is 0.100. The number of anilines is 2. The summed E-state index contributed by atoms with van der Waals surface area (Å²) in [5.41, 5.74) is 10.0. The molecule has 0 fully saturated rings. The number of nitrogen functional groups attached to an aromatic ring is 1. The average molecular weight is 358 g/mol. The van der Waals surface area contributed by atoms with Crippen molar-refractivity contribution in [3.8, 4) is 11.3 Å². The van der Waals surface area contributed by atoms with Gasteiger partial charge in [0.25, 0.3) is 0 Å². The molecule has 0 spiro atoms. The Morgan fingerprint density at radius 2 is 1.93 bits per heavy atom. The molecule has 4 rings (SSSR count). The van der Waals surface area contributed by atoms with Crippen LogP contribution in [0.25, 0.3) is 16.9 Å². The zero-order valence-electron chi connectivity index (χ0n) is 14.8. The molecule has 134 valence electrons. The van der Waals surface area contributed by atoms with Crippen LogP contribution >= 0.6 is 0 Å². The topological polar surface area (TPSA) is 89.4 Å². The van der Waals surface area contributed by atoms with Gasteiger partial charge in [0.15, 0.2) is 5.65 Å². The van der Waals surface area contributed by atoms with Crippen LogP contribution in [0.1, 0.15) is 12.5 Å². The highest BCUT2D eigenvalue weighted by atomic mass is 16.2. The summed E-state index contributed by atoms with van der Waals surface area (Å²) in [4.78, 5) is 22.2. The summed E-state index contributed by atoms with van der Waals surface area (Å²) in [7, 11) is 0. The molecule has 0 radical (unpaired) electrons. The Hall–Kier alpha value is -3.74. The molecule has 0 saturated carbocycles. The SMILES string of the molecule is CC(=O)N(Cc1cccnc1)c1ccc(-c2cccc3nc(N)nn23)cc1. The standard InChI is InChI=1S/C20H18N6O/c1-14(27)25(13-15-4-3-11-22-12-15)17-9-7-16(8-10-17)18-5-2-6-19-23-20(21)24-26(18)19/h2-12H,13H2,1H3,(H2,21,24). The molecule has 0 aliphatic carbocycles. The molecule has 7 heteroatoms. The molecule has 4 aromatic rings. The lowest BCUT2D eigenvalue weighted by Gasteiger charge is -2.21. The summed E-state index contributed by atoms with van der Waals surface area (Å²) in [5, 5.41) is 4.24. The van der Waals surface area contributed by atoms with Gasteiger partial charge in [-0.25, -0.2) is 4.52 Å². The van der Waals surface area contributed by atoms with Gasteiger partial charge in [0.1, 0.15) is 0 Å². The van der Waals surface area contributed by atoms with Crippen molar-refractivity contribution in [2.24, 2.45) is 0 Å². The van der Waals surface area contributed by atoms with E-state index in [0.29, 0.717) is 12.2 Å². The number of aromatic nitrogens is 4. The first-order valence-corrected chi connectivity index (χ1v) is 8.50. The summed E-state index contributed by atoms with van der Waals surface area (Å²) in [6.07, 6.45) is 3.48. The third kappa shape index (κ3) is 3.35. The monoisotopic (exact) mass is 358 g/mol. The van der Waals surface area contributed by atoms with Gasteiger partial charge in [-0.2, -0.15) is 4.98 Å². The van der Waals surface area contributed by atoms with Gasteiger partial charge in [0.2, 0.25) is 11.9 Å². The molecule has 1 amide bonds. The Morgan fingerprint density at radius 1 is 1.11 bits per heavy atom. The molecule has 7 nitrogen and oxygen atoms in total. The van der Waals surface area contributed by atoms with Crippen LogP contribution in [0, 0.1) is 0 Å². The minimum Gasteiger partial charge on any atom is -0.366 e. The number of carbonyl (C=O) groups is 1. The second-order valence-corrected chi connectivity index (χ2v) is 6.16. The Labute approximate surface area is 156 Å². The van der Waals surface area contributed by atoms with E-state index < -0.39 is 0 Å². The number of nitrogens with two attached hydrogens (primary N) is 1. The van der Waals surface area contributed by atoms with E-state index in [-0.39, 0.29) is 11.9 Å². The fourth-order valence-electron chi connectivity index (χ4n) is 3.01. The van der Waals surface area contributed by atoms with Gasteiger partial charge in [-0.05, 0) is 35.9 Å². The second kappa shape index (κ2) is 6.87. The molecule has 0 saturated heterocycles. The molecule has 0 unspecified atom stereocenters. The van der Waals surface area contributed by atoms with Crippen LogP contribution in [0.15, 0.2) is 67.0 Å². The van der Waals surface area contributed by atoms with Gasteiger partial charge in [0.05, 0.1) is 12.2 Å². The summed E-state index contributed by atoms with van der Waals surface area (Å²) in [6, 6.07) is 17.3. The van der Waals surface area contributed by atoms with E-state index in [1.807, 2.05) is 54.6 Å². The van der Waals surface area contributed by atoms with E-state index in [1.165, 1.54) is 0 Å². The van der Waals surface area contributed by atoms with E-state index >= 15 is 0 Å². The Kier molecular flexibility index (Phi) is 4.25. The Bertz CT molecular complexity index is 1090. The molecule has 0 aliphatic rings. The highest BCUT2D eigenvalue weighted by Gasteiger charge is 2.13. The molecule has 2 N–H and O–H groups in total. The lowest BCUT2D eigenvalue weighted by molar-refractivity contribution is -0.116. The molecule has 3 heterocycles. The van der Waals surface area contributed by atoms with Crippen LogP contribution in [0.2, 0.25) is 0 Å². The number of rotatable bonds is 4. The summed E-state index contributed by atoms with van der Waals surface area (Å²) >= 11 is 0. The lowest BCUT2D eigenvalue weighted by atomic mass is 10.1. The molecule has 0 bridgehead atoms. The smallest absolute Gasteiger partial charge is 0.240 e. The zero-order valence-corrected chi connectivity index (χ0v) is 14.8. The molecule has 1 aromatic carbocycles. The number of carbonyl (C=O) groups excluding carboxylic acids is 1. The minimum atomic E-state index is -0.0299. The van der Waals surface area contributed by atoms with E-state index in [9.17, 15) is 4.79 Å². The maximum atomic E-state index is 12.2. The van der Waals surface area contributed by atoms with E-state index in [2.05, 4.69) is 15.1 Å². The number of hydrogen-bond acceptors (Lipinski definition) is 5. The first-order valence-electron chi connectivity index (χ1n) is 8.50. The molecular weight excluding hydrogens is 340 g/mol. The fourth-order valence-corrected chi connectivity index (χ4v) is 3.01. The van der Waals surface area contributed by atoms with Crippen molar-refractivity contribution >= 4 is 23.2 Å². The van der Waals surface area contributed by atoms with Gasteiger partial charge in [-0.1, -0.05) is 24.3 Å². The number of benzene rings is 1. The molecule has 27 heavy (non-hydrogen) atoms. The van der Waals surface area contributed by atoms with Crippen molar-refractivity contribution in [3.63, 3.8) is 0 Å². The van der Waals surface area contributed by atoms with Gasteiger partial charge < -0.3 is 10.6 Å². The predicted molar refractivity (Wildman–Crippen MR) is 104 cm³/mol. The maximum Gasteiger partial charge on any atom is 0.240 e. The van der Waals surface area contributed by atoms with Crippen LogP contribution in [-0.2, 0) is 11.3 Å². The summed E-state index contributed by atoms with van der Waals surface area (Å²) in [6.45, 7) is 2.03. The maximum absolute atomic E-state index is 12.2. The summed E-state index contributed by atoms with van der Waals surface area (Å²) < 4.78 is 1.71. The van der Waals surface area contributed by atoms with Crippen molar-refractivity contribution in [1.29, 1.82) is 0 Å². The van der Waals surface area contributed by atoms with Gasteiger partial charge in [0, 0.05) is 30.6 Å². The van der Waals surface area contributed by atoms with Crippen molar-refractivity contribution in [1.82, 2.24) is 19.6 Å². The van der Waals surface area contributed by atoms with Crippen LogP contribution in [0.4, 0.5) is 11.6 Å². The third-order valence-electron chi connectivity index (χ3n) is 4.29. The van der Waals surface area contributed by atoms with Crippen molar-refractivity contribution in [2.75, 3.05) is 10.6 Å². The van der Waals surface area contributed by atoms with Gasteiger partial charge in [-0.15, -0.1) is 5.10 Å². The highest BCUT2D eigenvalue weighted by molar-refractivity contribution is 5.91. The van der Waals surface area contributed by atoms with Gasteiger partial charge >= 0.3 is 0 Å². The molecule has 0 aliphatic heterocycles. The molecule has 3 aromatic heterocycles. The number of amides is 1. The zero-order chi connectivity index (χ0) is 18.8. The first kappa shape index (κ1) is 16.7. The third-order valence-corrected chi connectivity index (χ3v) is 4.29. The minimum absolute atomic E-state index is 0.0299. The van der Waals surface area contributed by atoms with Crippen LogP contribution in [0.3, 0.4) is 0 Å². The van der Waals surface area contributed by atoms with Crippen molar-refractivity contribution in [3.05, 3.63) is 72.6 Å². The number of fused-ring (bicyclic) bond motifs is 1. The quantitative estimate of drug-likeness (QED) is 0.606. The number of nitrogens with zero attached hydrogens (tertiary/aromatic N) is 5. The predicted octanol–water partition coefficient (Wildman–Crippen LogP) is 2.93. The first-order chi connectivity index (χ1) is 13.1. The number of pyridine rings is 2. The van der Waals surface area contributed by atoms with Crippen molar-refractivity contribution < 1.29 is 4.79 Å². The normalized spacial score (nSPS) is 10.9. The summed E-state index contributed by atoms with van der Waals surface area (Å²) in [5.74, 6) is 0.205. The van der Waals surface area contributed by atoms with E-state index in [4.69, 9.17) is 5.73 Å². The van der Waals surface area contributed by atoms with Crippen LogP contribution in [-0.4, -0.2) is 25.5 Å². The molecule has 0 atom stereocenters. The van der Waals surface area contributed by atoms with Crippen LogP contribution in [0.5, 0.6) is 0 Å². The number of hydrogen-bond donors (Lipinski definition) is 1. The van der Waals surface area contributed by atoms with E-state index in [0.717, 1.165) is 22.5 Å². The van der Waals surface area contributed by atoms with Crippen molar-refractivity contribution in [2.45, 2.75) is 13.5 Å². The average Bonchev–Trinajstić information content (AvgIpc) is 3.07. The second-order valence-electron chi connectivity index (χ2n) is 6.16. The van der Waals surface area contributed by atoms with Gasteiger partial charge in [-0.3, -0.25) is 9.78 Å². The lowest BCUT2D eigenvalue weighted by Crippen LogP contribution is -2.27.